The summed E-state index contributed by atoms with van der Waals surface area (Å²) in [4.78, 5) is 30.3. The average molecular weight is 527 g/mol. The Morgan fingerprint density at radius 3 is 2.62 bits per heavy atom. The molecule has 2 aliphatic heterocycles. The van der Waals surface area contributed by atoms with E-state index in [0.29, 0.717) is 36.4 Å². The normalized spacial score (nSPS) is 19.8. The van der Waals surface area contributed by atoms with E-state index in [1.165, 1.54) is 0 Å². The second kappa shape index (κ2) is 11.3. The molecule has 3 aromatic rings. The minimum absolute atomic E-state index is 0.0540. The maximum atomic E-state index is 13.4. The second-order valence-electron chi connectivity index (χ2n) is 10.5. The number of carbonyl (C=O) groups excluding carboxylic acids is 2. The second-order valence-corrected chi connectivity index (χ2v) is 10.5. The average Bonchev–Trinajstić information content (AvgIpc) is 3.43. The van der Waals surface area contributed by atoms with Gasteiger partial charge in [-0.05, 0) is 81.0 Å². The fourth-order valence-electron chi connectivity index (χ4n) is 5.25. The highest BCUT2D eigenvalue weighted by atomic mass is 16.5. The summed E-state index contributed by atoms with van der Waals surface area (Å²) >= 11 is 0. The van der Waals surface area contributed by atoms with Crippen LogP contribution in [0, 0.1) is 0 Å². The van der Waals surface area contributed by atoms with Crippen molar-refractivity contribution < 1.29 is 24.2 Å². The third kappa shape index (κ3) is 5.68. The van der Waals surface area contributed by atoms with Gasteiger partial charge in [-0.15, -0.1) is 0 Å². The van der Waals surface area contributed by atoms with Crippen LogP contribution in [0.5, 0.6) is 11.5 Å². The molecule has 2 heterocycles. The molecule has 2 atom stereocenters. The monoisotopic (exact) mass is 526 g/mol. The van der Waals surface area contributed by atoms with Crippen molar-refractivity contribution in [1.29, 1.82) is 0 Å². The van der Waals surface area contributed by atoms with Crippen molar-refractivity contribution in [3.63, 3.8) is 0 Å². The van der Waals surface area contributed by atoms with Gasteiger partial charge in [0.2, 0.25) is 0 Å². The van der Waals surface area contributed by atoms with Crippen LogP contribution in [0.25, 0.3) is 5.76 Å². The molecule has 0 unspecified atom stereocenters. The lowest BCUT2D eigenvalue weighted by atomic mass is 9.94. The molecule has 1 fully saturated rings. The van der Waals surface area contributed by atoms with Gasteiger partial charge in [-0.2, -0.15) is 0 Å². The van der Waals surface area contributed by atoms with Crippen molar-refractivity contribution in [3.8, 4) is 11.5 Å². The maximum absolute atomic E-state index is 13.4. The van der Waals surface area contributed by atoms with Crippen LogP contribution in [-0.4, -0.2) is 59.9 Å². The topological polar surface area (TPSA) is 79.3 Å². The van der Waals surface area contributed by atoms with E-state index in [1.54, 1.807) is 11.0 Å². The zero-order valence-electron chi connectivity index (χ0n) is 22.6. The lowest BCUT2D eigenvalue weighted by Gasteiger charge is -2.26. The van der Waals surface area contributed by atoms with Crippen molar-refractivity contribution in [3.05, 3.63) is 101 Å². The molecule has 0 bridgehead atoms. The third-order valence-electron chi connectivity index (χ3n) is 7.14. The van der Waals surface area contributed by atoms with Crippen LogP contribution in [0.4, 0.5) is 0 Å². The number of aliphatic hydroxyl groups excluding tert-OH is 1. The number of Topliss-reactive ketones (excluding diaryl/α,β-unsaturated/α-hetero) is 1. The summed E-state index contributed by atoms with van der Waals surface area (Å²) in [6.07, 6.45) is 1.47. The van der Waals surface area contributed by atoms with Crippen LogP contribution in [0.3, 0.4) is 0 Å². The molecule has 0 saturated carbocycles. The van der Waals surface area contributed by atoms with Crippen molar-refractivity contribution in [1.82, 2.24) is 9.80 Å². The van der Waals surface area contributed by atoms with Crippen LogP contribution in [0.15, 0.2) is 78.4 Å². The predicted molar refractivity (Wildman–Crippen MR) is 150 cm³/mol. The van der Waals surface area contributed by atoms with Gasteiger partial charge in [0.1, 0.15) is 30.0 Å². The molecule has 1 N–H and O–H groups in total. The zero-order valence-corrected chi connectivity index (χ0v) is 22.6. The van der Waals surface area contributed by atoms with Crippen LogP contribution in [0.1, 0.15) is 41.6 Å². The third-order valence-corrected chi connectivity index (χ3v) is 7.14. The van der Waals surface area contributed by atoms with E-state index in [-0.39, 0.29) is 17.4 Å². The van der Waals surface area contributed by atoms with Crippen molar-refractivity contribution in [2.24, 2.45) is 0 Å². The molecule has 0 radical (unpaired) electrons. The minimum atomic E-state index is -0.726. The highest BCUT2D eigenvalue weighted by Crippen LogP contribution is 2.41. The fourth-order valence-corrected chi connectivity index (χ4v) is 5.25. The molecule has 0 aliphatic carbocycles. The Balaban J connectivity index is 1.52. The van der Waals surface area contributed by atoms with E-state index < -0.39 is 17.7 Å². The van der Waals surface area contributed by atoms with Gasteiger partial charge >= 0.3 is 0 Å². The molecule has 7 heteroatoms. The van der Waals surface area contributed by atoms with Gasteiger partial charge in [0, 0.05) is 18.5 Å². The summed E-state index contributed by atoms with van der Waals surface area (Å²) in [6.45, 7) is 3.53. The first-order valence-electron chi connectivity index (χ1n) is 13.3. The summed E-state index contributed by atoms with van der Waals surface area (Å²) in [6, 6.07) is 22.0. The minimum Gasteiger partial charge on any atom is -0.507 e. The first kappa shape index (κ1) is 26.5. The Hall–Kier alpha value is -4.10. The number of ketones is 1. The number of nitrogens with zero attached hydrogens (tertiary/aromatic N) is 2. The lowest BCUT2D eigenvalue weighted by Crippen LogP contribution is -2.32. The molecule has 2 aliphatic rings. The van der Waals surface area contributed by atoms with E-state index in [2.05, 4.69) is 0 Å². The fraction of sp³-hybridized carbons (Fsp3) is 0.312. The van der Waals surface area contributed by atoms with E-state index in [4.69, 9.17) is 9.47 Å². The number of benzene rings is 3. The summed E-state index contributed by atoms with van der Waals surface area (Å²) in [5, 5.41) is 11.5. The number of likely N-dealkylation sites (tertiary alicyclic amines) is 1. The molecule has 0 spiro atoms. The van der Waals surface area contributed by atoms with Gasteiger partial charge in [0.05, 0.1) is 11.6 Å². The smallest absolute Gasteiger partial charge is 0.295 e. The van der Waals surface area contributed by atoms with Gasteiger partial charge in [0.25, 0.3) is 11.7 Å². The van der Waals surface area contributed by atoms with E-state index in [1.807, 2.05) is 92.6 Å². The lowest BCUT2D eigenvalue weighted by molar-refractivity contribution is -0.139. The van der Waals surface area contributed by atoms with Gasteiger partial charge in [-0.25, -0.2) is 0 Å². The molecule has 7 nitrogen and oxygen atoms in total. The molecule has 1 amide bonds. The summed E-state index contributed by atoms with van der Waals surface area (Å²) in [5.41, 5.74) is 3.31. The number of aliphatic hydroxyl groups is 1. The zero-order chi connectivity index (χ0) is 27.5. The van der Waals surface area contributed by atoms with Gasteiger partial charge in [0.15, 0.2) is 0 Å². The number of fused-ring (bicyclic) bond motifs is 1. The van der Waals surface area contributed by atoms with E-state index in [0.717, 1.165) is 29.8 Å². The number of hydrogen-bond donors (Lipinski definition) is 1. The molecule has 3 aromatic carbocycles. The predicted octanol–water partition coefficient (Wildman–Crippen LogP) is 4.96. The Morgan fingerprint density at radius 2 is 1.85 bits per heavy atom. The Bertz CT molecular complexity index is 1400. The first-order chi connectivity index (χ1) is 18.8. The molecule has 0 aromatic heterocycles. The Kier molecular flexibility index (Phi) is 7.70. The number of hydrogen-bond acceptors (Lipinski definition) is 6. The summed E-state index contributed by atoms with van der Waals surface area (Å²) in [7, 11) is 3.94. The standard InChI is InChI=1S/C32H34N2O5/c1-21-17-25-18-24(13-14-27(25)39-21)30(35)28-29(34(32(37)31(28)36)16-8-15-33(2)3)23-11-7-12-26(19-23)38-20-22-9-5-4-6-10-22/h4-7,9-14,18-19,21,29,35H,8,15-17,20H2,1-3H3/b30-28+/t21-,29+/m0/s1. The van der Waals surface area contributed by atoms with Crippen molar-refractivity contribution in [2.45, 2.75) is 38.5 Å². The van der Waals surface area contributed by atoms with Crippen LogP contribution in [-0.2, 0) is 22.6 Å². The molecule has 1 saturated heterocycles. The number of amides is 1. The quantitative estimate of drug-likeness (QED) is 0.241. The van der Waals surface area contributed by atoms with Crippen LogP contribution < -0.4 is 9.47 Å². The molecule has 5 rings (SSSR count). The summed E-state index contributed by atoms with van der Waals surface area (Å²) in [5.74, 6) is -0.0505. The van der Waals surface area contributed by atoms with Gasteiger partial charge in [-0.1, -0.05) is 42.5 Å². The van der Waals surface area contributed by atoms with Gasteiger partial charge in [-0.3, -0.25) is 9.59 Å². The number of rotatable bonds is 9. The van der Waals surface area contributed by atoms with Crippen molar-refractivity contribution in [2.75, 3.05) is 27.2 Å². The molecular formula is C32H34N2O5. The van der Waals surface area contributed by atoms with Crippen LogP contribution >= 0.6 is 0 Å². The van der Waals surface area contributed by atoms with E-state index in [9.17, 15) is 14.7 Å². The van der Waals surface area contributed by atoms with Crippen molar-refractivity contribution >= 4 is 17.4 Å². The highest BCUT2D eigenvalue weighted by Gasteiger charge is 2.46. The largest absolute Gasteiger partial charge is 0.507 e. The maximum Gasteiger partial charge on any atom is 0.295 e. The Labute approximate surface area is 229 Å². The molecule has 39 heavy (non-hydrogen) atoms. The van der Waals surface area contributed by atoms with Gasteiger partial charge < -0.3 is 24.4 Å². The first-order valence-corrected chi connectivity index (χ1v) is 13.3. The highest BCUT2D eigenvalue weighted by molar-refractivity contribution is 6.46. The van der Waals surface area contributed by atoms with E-state index >= 15 is 0 Å². The number of ether oxygens (including phenoxy) is 2. The summed E-state index contributed by atoms with van der Waals surface area (Å²) < 4.78 is 11.8. The number of carbonyl (C=O) groups is 2. The molecular weight excluding hydrogens is 492 g/mol. The Morgan fingerprint density at radius 1 is 1.05 bits per heavy atom. The molecule has 202 valence electrons. The SMILES string of the molecule is C[C@H]1Cc2cc(/C(O)=C3\C(=O)C(=O)N(CCCN(C)C)[C@@H]3c3cccc(OCc4ccccc4)c3)ccc2O1. The van der Waals surface area contributed by atoms with Crippen LogP contribution in [0.2, 0.25) is 0 Å².